The zero-order valence-electron chi connectivity index (χ0n) is 10.8. The van der Waals surface area contributed by atoms with E-state index in [4.69, 9.17) is 9.47 Å². The predicted molar refractivity (Wildman–Crippen MR) is 61.2 cm³/mol. The van der Waals surface area contributed by atoms with Crippen LogP contribution in [0.1, 0.15) is 17.3 Å². The number of rotatable bonds is 4. The van der Waals surface area contributed by atoms with Crippen LogP contribution in [0.2, 0.25) is 0 Å². The Hall–Kier alpha value is -2.25. The van der Waals surface area contributed by atoms with E-state index in [0.29, 0.717) is 0 Å². The van der Waals surface area contributed by atoms with Crippen molar-refractivity contribution < 1.29 is 37.0 Å². The largest absolute Gasteiger partial charge is 0.493 e. The highest BCUT2D eigenvalue weighted by atomic mass is 19.4. The molecular weight excluding hydrogens is 281 g/mol. The average Bonchev–Trinajstić information content (AvgIpc) is 2.37. The van der Waals surface area contributed by atoms with Crippen molar-refractivity contribution in [3.05, 3.63) is 17.7 Å². The number of ether oxygens (including phenoxy) is 3. The third kappa shape index (κ3) is 3.40. The molecule has 0 saturated heterocycles. The molecule has 0 fully saturated rings. The fourth-order valence-electron chi connectivity index (χ4n) is 1.33. The fourth-order valence-corrected chi connectivity index (χ4v) is 1.33. The lowest BCUT2D eigenvalue weighted by Crippen LogP contribution is -2.28. The molecule has 0 unspecified atom stereocenters. The quantitative estimate of drug-likeness (QED) is 0.484. The lowest BCUT2D eigenvalue weighted by molar-refractivity contribution is -0.189. The van der Waals surface area contributed by atoms with Crippen LogP contribution in [0.4, 0.5) is 13.2 Å². The van der Waals surface area contributed by atoms with Crippen molar-refractivity contribution in [1.82, 2.24) is 0 Å². The molecule has 0 aliphatic carbocycles. The number of methoxy groups -OCH3 is 2. The van der Waals surface area contributed by atoms with E-state index in [9.17, 15) is 22.8 Å². The van der Waals surface area contributed by atoms with Crippen LogP contribution in [0, 0.1) is 0 Å². The smallest absolute Gasteiger partial charge is 0.491 e. The van der Waals surface area contributed by atoms with E-state index in [2.05, 4.69) is 4.74 Å². The first kappa shape index (κ1) is 15.8. The number of ketones is 1. The summed E-state index contributed by atoms with van der Waals surface area (Å²) in [4.78, 5) is 22.1. The number of hydrogen-bond donors (Lipinski definition) is 0. The number of carbonyl (C=O) groups is 2. The van der Waals surface area contributed by atoms with Gasteiger partial charge in [-0.1, -0.05) is 0 Å². The van der Waals surface area contributed by atoms with E-state index >= 15 is 0 Å². The Balaban J connectivity index is 3.30. The highest BCUT2D eigenvalue weighted by molar-refractivity contribution is 5.95. The Labute approximate surface area is 112 Å². The van der Waals surface area contributed by atoms with Crippen LogP contribution < -0.4 is 14.2 Å². The maximum atomic E-state index is 12.2. The maximum absolute atomic E-state index is 12.2. The third-order valence-electron chi connectivity index (χ3n) is 2.29. The van der Waals surface area contributed by atoms with Gasteiger partial charge in [-0.15, -0.1) is 0 Å². The second-order valence-corrected chi connectivity index (χ2v) is 3.65. The summed E-state index contributed by atoms with van der Waals surface area (Å²) in [5, 5.41) is 0. The van der Waals surface area contributed by atoms with E-state index in [1.165, 1.54) is 6.92 Å². The minimum absolute atomic E-state index is 0.144. The Morgan fingerprint density at radius 3 is 1.80 bits per heavy atom. The van der Waals surface area contributed by atoms with Crippen LogP contribution in [0.25, 0.3) is 0 Å². The number of alkyl halides is 3. The first-order valence-electron chi connectivity index (χ1n) is 5.26. The van der Waals surface area contributed by atoms with Crippen LogP contribution in [0.3, 0.4) is 0 Å². The summed E-state index contributed by atoms with van der Waals surface area (Å²) in [5.41, 5.74) is 0.144. The molecule has 0 saturated carbocycles. The molecule has 0 heterocycles. The Kier molecular flexibility index (Phi) is 4.59. The zero-order valence-corrected chi connectivity index (χ0v) is 10.8. The number of halogens is 3. The molecule has 0 N–H and O–H groups in total. The molecule has 1 aromatic carbocycles. The van der Waals surface area contributed by atoms with Crippen LogP contribution in [0.15, 0.2) is 12.1 Å². The van der Waals surface area contributed by atoms with E-state index in [-0.39, 0.29) is 22.8 Å². The number of hydrogen-bond acceptors (Lipinski definition) is 5. The van der Waals surface area contributed by atoms with E-state index < -0.39 is 17.9 Å². The topological polar surface area (TPSA) is 61.8 Å². The van der Waals surface area contributed by atoms with Crippen molar-refractivity contribution in [2.45, 2.75) is 13.1 Å². The SMILES string of the molecule is COc1cc(C(C)=O)cc(OC)c1OC(=O)C(F)(F)F. The summed E-state index contributed by atoms with van der Waals surface area (Å²) in [5.74, 6) is -3.73. The second kappa shape index (κ2) is 5.81. The van der Waals surface area contributed by atoms with Gasteiger partial charge in [-0.25, -0.2) is 4.79 Å². The van der Waals surface area contributed by atoms with Gasteiger partial charge in [0.2, 0.25) is 5.75 Å². The zero-order chi connectivity index (χ0) is 15.5. The molecule has 1 aromatic rings. The van der Waals surface area contributed by atoms with Gasteiger partial charge in [0.15, 0.2) is 17.3 Å². The van der Waals surface area contributed by atoms with E-state index in [1.54, 1.807) is 0 Å². The van der Waals surface area contributed by atoms with Gasteiger partial charge in [-0.05, 0) is 19.1 Å². The molecule has 0 radical (unpaired) electrons. The van der Waals surface area contributed by atoms with Crippen molar-refractivity contribution in [1.29, 1.82) is 0 Å². The van der Waals surface area contributed by atoms with Gasteiger partial charge in [-0.3, -0.25) is 4.79 Å². The number of carbonyl (C=O) groups excluding carboxylic acids is 2. The van der Waals surface area contributed by atoms with Gasteiger partial charge < -0.3 is 14.2 Å². The lowest BCUT2D eigenvalue weighted by atomic mass is 10.1. The second-order valence-electron chi connectivity index (χ2n) is 3.65. The first-order valence-corrected chi connectivity index (χ1v) is 5.26. The standard InChI is InChI=1S/C12H11F3O5/c1-6(16)7-4-8(18-2)10(9(5-7)19-3)20-11(17)12(13,14)15/h4-5H,1-3H3. The van der Waals surface area contributed by atoms with E-state index in [1.807, 2.05) is 0 Å². The molecule has 0 aromatic heterocycles. The molecule has 110 valence electrons. The van der Waals surface area contributed by atoms with Crippen molar-refractivity contribution in [3.63, 3.8) is 0 Å². The van der Waals surface area contributed by atoms with Crippen molar-refractivity contribution in [2.24, 2.45) is 0 Å². The molecule has 0 aliphatic heterocycles. The van der Waals surface area contributed by atoms with Crippen molar-refractivity contribution in [3.8, 4) is 17.2 Å². The molecular formula is C12H11F3O5. The number of esters is 1. The Bertz CT molecular complexity index is 511. The lowest BCUT2D eigenvalue weighted by Gasteiger charge is -2.15. The average molecular weight is 292 g/mol. The maximum Gasteiger partial charge on any atom is 0.491 e. The molecule has 1 rings (SSSR count). The summed E-state index contributed by atoms with van der Waals surface area (Å²) in [6.45, 7) is 1.26. The van der Waals surface area contributed by atoms with E-state index in [0.717, 1.165) is 26.4 Å². The minimum atomic E-state index is -5.16. The molecule has 0 aliphatic rings. The number of Topliss-reactive ketones (excluding diaryl/α,β-unsaturated/α-hetero) is 1. The van der Waals surface area contributed by atoms with Crippen LogP contribution in [-0.2, 0) is 4.79 Å². The molecule has 0 amide bonds. The Morgan fingerprint density at radius 1 is 1.05 bits per heavy atom. The highest BCUT2D eigenvalue weighted by Gasteiger charge is 2.42. The Morgan fingerprint density at radius 2 is 1.50 bits per heavy atom. The molecule has 5 nitrogen and oxygen atoms in total. The number of benzene rings is 1. The van der Waals surface area contributed by atoms with Gasteiger partial charge >= 0.3 is 12.1 Å². The molecule has 20 heavy (non-hydrogen) atoms. The summed E-state index contributed by atoms with van der Waals surface area (Å²) >= 11 is 0. The van der Waals surface area contributed by atoms with Gasteiger partial charge in [0.05, 0.1) is 14.2 Å². The van der Waals surface area contributed by atoms with Crippen LogP contribution >= 0.6 is 0 Å². The summed E-state index contributed by atoms with van der Waals surface area (Å²) in [6.07, 6.45) is -5.16. The monoisotopic (exact) mass is 292 g/mol. The predicted octanol–water partition coefficient (Wildman–Crippen LogP) is 2.37. The molecule has 0 spiro atoms. The molecule has 0 atom stereocenters. The summed E-state index contributed by atoms with van der Waals surface area (Å²) in [6, 6.07) is 2.31. The van der Waals surface area contributed by atoms with Gasteiger partial charge in [0.25, 0.3) is 0 Å². The van der Waals surface area contributed by atoms with Crippen molar-refractivity contribution >= 4 is 11.8 Å². The van der Waals surface area contributed by atoms with Gasteiger partial charge in [0.1, 0.15) is 0 Å². The molecule has 8 heteroatoms. The molecule has 0 bridgehead atoms. The summed E-state index contributed by atoms with van der Waals surface area (Å²) < 4.78 is 50.5. The minimum Gasteiger partial charge on any atom is -0.493 e. The van der Waals surface area contributed by atoms with Crippen LogP contribution in [-0.4, -0.2) is 32.1 Å². The summed E-state index contributed by atoms with van der Waals surface area (Å²) in [7, 11) is 2.31. The normalized spacial score (nSPS) is 10.9. The highest BCUT2D eigenvalue weighted by Crippen LogP contribution is 2.39. The van der Waals surface area contributed by atoms with Gasteiger partial charge in [-0.2, -0.15) is 13.2 Å². The van der Waals surface area contributed by atoms with Crippen LogP contribution in [0.5, 0.6) is 17.2 Å². The van der Waals surface area contributed by atoms with Gasteiger partial charge in [0, 0.05) is 5.56 Å². The van der Waals surface area contributed by atoms with Crippen molar-refractivity contribution in [2.75, 3.05) is 14.2 Å². The fraction of sp³-hybridized carbons (Fsp3) is 0.333. The third-order valence-corrected chi connectivity index (χ3v) is 2.29. The first-order chi connectivity index (χ1) is 9.20.